The first kappa shape index (κ1) is 22.1. The summed E-state index contributed by atoms with van der Waals surface area (Å²) in [4.78, 5) is 18.4. The molecule has 3 rings (SSSR count). The Hall–Kier alpha value is -1.23. The van der Waals surface area contributed by atoms with Gasteiger partial charge in [-0.2, -0.15) is 0 Å². The Balaban J connectivity index is 0.00000261. The highest BCUT2D eigenvalue weighted by Gasteiger charge is 2.27. The topological polar surface area (TPSA) is 72.4 Å². The van der Waals surface area contributed by atoms with E-state index in [1.165, 1.54) is 0 Å². The van der Waals surface area contributed by atoms with Crippen LogP contribution in [0.2, 0.25) is 0 Å². The lowest BCUT2D eigenvalue weighted by atomic mass is 9.97. The molecule has 1 fully saturated rings. The van der Waals surface area contributed by atoms with Crippen molar-refractivity contribution in [3.8, 4) is 11.5 Å². The van der Waals surface area contributed by atoms with Crippen LogP contribution in [0, 0.1) is 5.92 Å². The number of rotatable bonds is 4. The molecular weight excluding hydrogens is 529 g/mol. The van der Waals surface area contributed by atoms with Crippen molar-refractivity contribution in [3.05, 3.63) is 22.2 Å². The van der Waals surface area contributed by atoms with Crippen LogP contribution in [-0.2, 0) is 16.1 Å². The van der Waals surface area contributed by atoms with Crippen molar-refractivity contribution in [3.63, 3.8) is 0 Å². The molecule has 0 aromatic heterocycles. The number of carbonyl (C=O) groups excluding carboxylic acids is 1. The zero-order valence-electron chi connectivity index (χ0n) is 15.5. The number of benzene rings is 1. The van der Waals surface area contributed by atoms with Crippen LogP contribution in [-0.4, -0.2) is 50.4 Å². The van der Waals surface area contributed by atoms with Gasteiger partial charge in [0.15, 0.2) is 17.5 Å². The number of piperidine rings is 1. The fourth-order valence-corrected chi connectivity index (χ4v) is 3.83. The summed E-state index contributed by atoms with van der Waals surface area (Å²) in [5, 5.41) is 3.39. The maximum Gasteiger partial charge on any atom is 0.309 e. The summed E-state index contributed by atoms with van der Waals surface area (Å²) in [6.45, 7) is 4.73. The molecule has 0 aliphatic carbocycles. The molecule has 1 saturated heterocycles. The highest BCUT2D eigenvalue weighted by atomic mass is 127. The van der Waals surface area contributed by atoms with E-state index in [0.29, 0.717) is 13.2 Å². The maximum atomic E-state index is 11.9. The SMILES string of the molecule is CCOC(=O)C1CCN(C(=NC)NCc2cc(Br)c3c(c2)OCO3)CC1.I. The summed E-state index contributed by atoms with van der Waals surface area (Å²) in [5.41, 5.74) is 1.07. The van der Waals surface area contributed by atoms with Gasteiger partial charge in [0.1, 0.15) is 0 Å². The van der Waals surface area contributed by atoms with Gasteiger partial charge in [-0.05, 0) is 53.4 Å². The fourth-order valence-electron chi connectivity index (χ4n) is 3.22. The van der Waals surface area contributed by atoms with E-state index in [2.05, 4.69) is 31.1 Å². The van der Waals surface area contributed by atoms with Crippen LogP contribution in [0.1, 0.15) is 25.3 Å². The third kappa shape index (κ3) is 5.40. The van der Waals surface area contributed by atoms with Crippen molar-refractivity contribution < 1.29 is 19.0 Å². The van der Waals surface area contributed by atoms with Crippen molar-refractivity contribution in [1.29, 1.82) is 0 Å². The minimum atomic E-state index is -0.0830. The fraction of sp³-hybridized carbons (Fsp3) is 0.556. The number of esters is 1. The van der Waals surface area contributed by atoms with E-state index in [1.807, 2.05) is 19.1 Å². The van der Waals surface area contributed by atoms with Crippen LogP contribution in [0.4, 0.5) is 0 Å². The molecule has 0 amide bonds. The van der Waals surface area contributed by atoms with Gasteiger partial charge in [0.25, 0.3) is 0 Å². The molecule has 0 bridgehead atoms. The molecule has 2 heterocycles. The molecule has 9 heteroatoms. The summed E-state index contributed by atoms with van der Waals surface area (Å²) < 4.78 is 16.9. The number of likely N-dealkylation sites (tertiary alicyclic amines) is 1. The van der Waals surface area contributed by atoms with Gasteiger partial charge in [0, 0.05) is 26.7 Å². The third-order valence-corrected chi connectivity index (χ3v) is 5.15. The average molecular weight is 554 g/mol. The molecule has 2 aliphatic rings. The Kier molecular flexibility index (Phi) is 8.46. The smallest absolute Gasteiger partial charge is 0.309 e. The van der Waals surface area contributed by atoms with E-state index in [0.717, 1.165) is 53.4 Å². The number of nitrogens with one attached hydrogen (secondary N) is 1. The Labute approximate surface area is 185 Å². The number of hydrogen-bond acceptors (Lipinski definition) is 5. The molecule has 1 N–H and O–H groups in total. The summed E-state index contributed by atoms with van der Waals surface area (Å²) in [6, 6.07) is 3.99. The van der Waals surface area contributed by atoms with Gasteiger partial charge in [-0.15, -0.1) is 24.0 Å². The van der Waals surface area contributed by atoms with E-state index in [4.69, 9.17) is 14.2 Å². The van der Waals surface area contributed by atoms with Crippen molar-refractivity contribution in [2.24, 2.45) is 10.9 Å². The zero-order chi connectivity index (χ0) is 18.5. The molecule has 0 saturated carbocycles. The first-order chi connectivity index (χ1) is 12.6. The van der Waals surface area contributed by atoms with Gasteiger partial charge in [-0.1, -0.05) is 0 Å². The van der Waals surface area contributed by atoms with E-state index < -0.39 is 0 Å². The molecule has 1 aromatic carbocycles. The summed E-state index contributed by atoms with van der Waals surface area (Å²) in [7, 11) is 1.77. The highest BCUT2D eigenvalue weighted by molar-refractivity contribution is 14.0. The Morgan fingerprint density at radius 1 is 1.37 bits per heavy atom. The van der Waals surface area contributed by atoms with Crippen LogP contribution in [0.15, 0.2) is 21.6 Å². The largest absolute Gasteiger partial charge is 0.466 e. The van der Waals surface area contributed by atoms with Gasteiger partial charge >= 0.3 is 5.97 Å². The maximum absolute atomic E-state index is 11.9. The number of hydrogen-bond donors (Lipinski definition) is 1. The second-order valence-electron chi connectivity index (χ2n) is 6.23. The van der Waals surface area contributed by atoms with E-state index in [9.17, 15) is 4.79 Å². The molecule has 150 valence electrons. The van der Waals surface area contributed by atoms with Crippen LogP contribution in [0.5, 0.6) is 11.5 Å². The monoisotopic (exact) mass is 553 g/mol. The van der Waals surface area contributed by atoms with Gasteiger partial charge in [0.05, 0.1) is 17.0 Å². The number of guanidine groups is 1. The number of halogens is 2. The molecule has 1 aromatic rings. The number of carbonyl (C=O) groups is 1. The number of aliphatic imine (C=N–C) groups is 1. The standard InChI is InChI=1S/C18H24BrN3O4.HI/c1-3-24-17(23)13-4-6-22(7-5-13)18(20-2)21-10-12-8-14(19)16-15(9-12)25-11-26-16;/h8-9,13H,3-7,10-11H2,1-2H3,(H,20,21);1H. The van der Waals surface area contributed by atoms with E-state index in [1.54, 1.807) is 7.05 Å². The molecule has 0 radical (unpaired) electrons. The Morgan fingerprint density at radius 2 is 2.11 bits per heavy atom. The molecule has 0 unspecified atom stereocenters. The van der Waals surface area contributed by atoms with Crippen LogP contribution >= 0.6 is 39.9 Å². The van der Waals surface area contributed by atoms with Gasteiger partial charge in [-0.25, -0.2) is 0 Å². The molecule has 2 aliphatic heterocycles. The number of fused-ring (bicyclic) bond motifs is 1. The molecule has 7 nitrogen and oxygen atoms in total. The quantitative estimate of drug-likeness (QED) is 0.267. The van der Waals surface area contributed by atoms with Crippen molar-refractivity contribution in [2.75, 3.05) is 33.5 Å². The zero-order valence-corrected chi connectivity index (χ0v) is 19.4. The average Bonchev–Trinajstić information content (AvgIpc) is 3.12. The first-order valence-electron chi connectivity index (χ1n) is 8.82. The van der Waals surface area contributed by atoms with Crippen LogP contribution < -0.4 is 14.8 Å². The van der Waals surface area contributed by atoms with Crippen molar-refractivity contribution >= 4 is 51.8 Å². The van der Waals surface area contributed by atoms with Gasteiger partial charge < -0.3 is 24.4 Å². The first-order valence-corrected chi connectivity index (χ1v) is 9.62. The van der Waals surface area contributed by atoms with Gasteiger partial charge in [-0.3, -0.25) is 9.79 Å². The van der Waals surface area contributed by atoms with Gasteiger partial charge in [0.2, 0.25) is 6.79 Å². The highest BCUT2D eigenvalue weighted by Crippen LogP contribution is 2.39. The normalized spacial score (nSPS) is 16.7. The van der Waals surface area contributed by atoms with Crippen molar-refractivity contribution in [1.82, 2.24) is 10.2 Å². The predicted octanol–water partition coefficient (Wildman–Crippen LogP) is 3.15. The van der Waals surface area contributed by atoms with E-state index >= 15 is 0 Å². The lowest BCUT2D eigenvalue weighted by molar-refractivity contribution is -0.149. The van der Waals surface area contributed by atoms with Crippen LogP contribution in [0.3, 0.4) is 0 Å². The second kappa shape index (κ2) is 10.4. The lowest BCUT2D eigenvalue weighted by Crippen LogP contribution is -2.46. The molecule has 27 heavy (non-hydrogen) atoms. The van der Waals surface area contributed by atoms with Crippen molar-refractivity contribution in [2.45, 2.75) is 26.3 Å². The Morgan fingerprint density at radius 3 is 2.78 bits per heavy atom. The summed E-state index contributed by atoms with van der Waals surface area (Å²) in [5.74, 6) is 2.25. The van der Waals surface area contributed by atoms with Crippen LogP contribution in [0.25, 0.3) is 0 Å². The summed E-state index contributed by atoms with van der Waals surface area (Å²) in [6.07, 6.45) is 1.57. The number of ether oxygens (including phenoxy) is 3. The minimum absolute atomic E-state index is 0. The molecule has 0 atom stereocenters. The Bertz CT molecular complexity index is 693. The molecule has 0 spiro atoms. The summed E-state index contributed by atoms with van der Waals surface area (Å²) >= 11 is 3.51. The molecular formula is C18H25BrIN3O4. The lowest BCUT2D eigenvalue weighted by Gasteiger charge is -2.33. The third-order valence-electron chi connectivity index (χ3n) is 4.56. The predicted molar refractivity (Wildman–Crippen MR) is 117 cm³/mol. The minimum Gasteiger partial charge on any atom is -0.466 e. The van der Waals surface area contributed by atoms with E-state index in [-0.39, 0.29) is 42.7 Å². The second-order valence-corrected chi connectivity index (χ2v) is 7.08. The number of nitrogens with zero attached hydrogens (tertiary/aromatic N) is 2.